The van der Waals surface area contributed by atoms with Crippen LogP contribution in [0.1, 0.15) is 20.8 Å². The third-order valence-corrected chi connectivity index (χ3v) is 1.27. The van der Waals surface area contributed by atoms with Crippen molar-refractivity contribution < 1.29 is 15.0 Å². The van der Waals surface area contributed by atoms with E-state index in [1.54, 1.807) is 20.8 Å². The Bertz CT molecular complexity index is 135. The SMILES string of the molecule is CC(C)(C)C(=O)N(CO)CO. The molecule has 0 bridgehead atoms. The Kier molecular flexibility index (Phi) is 3.48. The first kappa shape index (κ1) is 10.4. The summed E-state index contributed by atoms with van der Waals surface area (Å²) in [6.07, 6.45) is 0. The van der Waals surface area contributed by atoms with Crippen molar-refractivity contribution in [2.45, 2.75) is 20.8 Å². The molecule has 0 aromatic carbocycles. The minimum atomic E-state index is -0.550. The molecule has 0 saturated heterocycles. The van der Waals surface area contributed by atoms with Crippen LogP contribution in [0.15, 0.2) is 0 Å². The Labute approximate surface area is 66.4 Å². The molecule has 0 radical (unpaired) electrons. The lowest BCUT2D eigenvalue weighted by molar-refractivity contribution is -0.148. The summed E-state index contributed by atoms with van der Waals surface area (Å²) in [7, 11) is 0. The quantitative estimate of drug-likeness (QED) is 0.549. The number of hydrogen-bond acceptors (Lipinski definition) is 3. The van der Waals surface area contributed by atoms with Gasteiger partial charge >= 0.3 is 0 Å². The molecule has 0 fully saturated rings. The largest absolute Gasteiger partial charge is 0.376 e. The molecular formula is C7H15NO3. The van der Waals surface area contributed by atoms with E-state index in [-0.39, 0.29) is 5.91 Å². The van der Waals surface area contributed by atoms with Gasteiger partial charge < -0.3 is 10.2 Å². The summed E-state index contributed by atoms with van der Waals surface area (Å²) in [4.78, 5) is 12.2. The van der Waals surface area contributed by atoms with Gasteiger partial charge in [-0.1, -0.05) is 20.8 Å². The second kappa shape index (κ2) is 3.69. The van der Waals surface area contributed by atoms with Crippen molar-refractivity contribution in [2.75, 3.05) is 13.5 Å². The van der Waals surface area contributed by atoms with Crippen molar-refractivity contribution in [1.29, 1.82) is 0 Å². The fraction of sp³-hybridized carbons (Fsp3) is 0.857. The van der Waals surface area contributed by atoms with E-state index in [0.717, 1.165) is 4.90 Å². The van der Waals surface area contributed by atoms with E-state index in [0.29, 0.717) is 0 Å². The molecule has 11 heavy (non-hydrogen) atoms. The summed E-state index contributed by atoms with van der Waals surface area (Å²) in [5, 5.41) is 17.2. The number of aliphatic hydroxyl groups is 2. The Hall–Kier alpha value is -0.610. The van der Waals surface area contributed by atoms with Crippen LogP contribution in [0.4, 0.5) is 0 Å². The van der Waals surface area contributed by atoms with Gasteiger partial charge in [0.05, 0.1) is 0 Å². The normalized spacial score (nSPS) is 11.4. The van der Waals surface area contributed by atoms with Gasteiger partial charge in [-0.05, 0) is 0 Å². The zero-order valence-electron chi connectivity index (χ0n) is 7.16. The maximum atomic E-state index is 11.2. The standard InChI is InChI=1S/C7H15NO3/c1-7(2,3)6(11)8(4-9)5-10/h9-10H,4-5H2,1-3H3. The third kappa shape index (κ3) is 2.86. The van der Waals surface area contributed by atoms with Gasteiger partial charge in [0.15, 0.2) is 0 Å². The smallest absolute Gasteiger partial charge is 0.231 e. The lowest BCUT2D eigenvalue weighted by Gasteiger charge is -2.25. The zero-order valence-corrected chi connectivity index (χ0v) is 7.16. The summed E-state index contributed by atoms with van der Waals surface area (Å²) in [5.74, 6) is -0.262. The van der Waals surface area contributed by atoms with E-state index in [1.165, 1.54) is 0 Å². The van der Waals surface area contributed by atoms with Gasteiger partial charge in [0.25, 0.3) is 0 Å². The average molecular weight is 161 g/mol. The van der Waals surface area contributed by atoms with Crippen LogP contribution in [0.3, 0.4) is 0 Å². The highest BCUT2D eigenvalue weighted by Crippen LogP contribution is 2.16. The van der Waals surface area contributed by atoms with E-state index in [9.17, 15) is 4.79 Å². The number of aliphatic hydroxyl groups excluding tert-OH is 2. The van der Waals surface area contributed by atoms with Gasteiger partial charge in [-0.2, -0.15) is 0 Å². The topological polar surface area (TPSA) is 60.8 Å². The number of rotatable bonds is 2. The van der Waals surface area contributed by atoms with Gasteiger partial charge in [-0.25, -0.2) is 0 Å². The molecule has 0 aliphatic carbocycles. The van der Waals surface area contributed by atoms with Crippen molar-refractivity contribution in [1.82, 2.24) is 4.90 Å². The number of hydrogen-bond donors (Lipinski definition) is 2. The van der Waals surface area contributed by atoms with Crippen molar-refractivity contribution in [3.8, 4) is 0 Å². The molecule has 0 unspecified atom stereocenters. The second-order valence-electron chi connectivity index (χ2n) is 3.38. The molecule has 0 atom stereocenters. The van der Waals surface area contributed by atoms with Crippen LogP contribution in [-0.4, -0.2) is 34.5 Å². The van der Waals surface area contributed by atoms with Crippen LogP contribution in [0.5, 0.6) is 0 Å². The zero-order chi connectivity index (χ0) is 9.07. The maximum Gasteiger partial charge on any atom is 0.231 e. The summed E-state index contributed by atoms with van der Waals surface area (Å²) in [6, 6.07) is 0. The first-order valence-corrected chi connectivity index (χ1v) is 3.44. The molecule has 2 N–H and O–H groups in total. The maximum absolute atomic E-state index is 11.2. The monoisotopic (exact) mass is 161 g/mol. The highest BCUT2D eigenvalue weighted by molar-refractivity contribution is 5.81. The van der Waals surface area contributed by atoms with Crippen molar-refractivity contribution in [2.24, 2.45) is 5.41 Å². The average Bonchev–Trinajstić information content (AvgIpc) is 1.88. The van der Waals surface area contributed by atoms with E-state index >= 15 is 0 Å². The fourth-order valence-corrected chi connectivity index (χ4v) is 0.648. The Morgan fingerprint density at radius 3 is 1.73 bits per heavy atom. The van der Waals surface area contributed by atoms with E-state index in [4.69, 9.17) is 10.2 Å². The number of nitrogens with zero attached hydrogens (tertiary/aromatic N) is 1. The predicted octanol–water partition coefficient (Wildman–Crippen LogP) is -0.239. The van der Waals surface area contributed by atoms with Crippen molar-refractivity contribution in [3.05, 3.63) is 0 Å². The van der Waals surface area contributed by atoms with Gasteiger partial charge in [0.2, 0.25) is 5.91 Å². The minimum absolute atomic E-state index is 0.262. The minimum Gasteiger partial charge on any atom is -0.376 e. The summed E-state index contributed by atoms with van der Waals surface area (Å²) >= 11 is 0. The first-order valence-electron chi connectivity index (χ1n) is 3.44. The lowest BCUT2D eigenvalue weighted by Crippen LogP contribution is -2.40. The van der Waals surface area contributed by atoms with E-state index < -0.39 is 18.9 Å². The second-order valence-corrected chi connectivity index (χ2v) is 3.38. The molecule has 0 aliphatic heterocycles. The number of carbonyl (C=O) groups is 1. The molecule has 4 nitrogen and oxygen atoms in total. The molecule has 1 amide bonds. The molecule has 66 valence electrons. The Morgan fingerprint density at radius 2 is 1.64 bits per heavy atom. The van der Waals surface area contributed by atoms with Gasteiger partial charge in [0.1, 0.15) is 13.5 Å². The van der Waals surface area contributed by atoms with E-state index in [1.807, 2.05) is 0 Å². The van der Waals surface area contributed by atoms with Crippen LogP contribution in [0.2, 0.25) is 0 Å². The summed E-state index contributed by atoms with van der Waals surface area (Å²) in [6.45, 7) is 4.31. The molecule has 0 rings (SSSR count). The highest BCUT2D eigenvalue weighted by Gasteiger charge is 2.25. The molecule has 0 heterocycles. The lowest BCUT2D eigenvalue weighted by atomic mass is 9.95. The van der Waals surface area contributed by atoms with Crippen LogP contribution >= 0.6 is 0 Å². The molecule has 0 aromatic rings. The van der Waals surface area contributed by atoms with Crippen LogP contribution in [-0.2, 0) is 4.79 Å². The van der Waals surface area contributed by atoms with Crippen LogP contribution in [0.25, 0.3) is 0 Å². The number of carbonyl (C=O) groups excluding carboxylic acids is 1. The van der Waals surface area contributed by atoms with E-state index in [2.05, 4.69) is 0 Å². The first-order chi connectivity index (χ1) is 4.93. The van der Waals surface area contributed by atoms with Gasteiger partial charge in [-0.3, -0.25) is 9.69 Å². The Balaban J connectivity index is 4.22. The summed E-state index contributed by atoms with van der Waals surface area (Å²) < 4.78 is 0. The van der Waals surface area contributed by atoms with Crippen LogP contribution < -0.4 is 0 Å². The predicted molar refractivity (Wildman–Crippen MR) is 40.5 cm³/mol. The highest BCUT2D eigenvalue weighted by atomic mass is 16.3. The summed E-state index contributed by atoms with van der Waals surface area (Å²) in [5.41, 5.74) is -0.550. The van der Waals surface area contributed by atoms with Gasteiger partial charge in [-0.15, -0.1) is 0 Å². The fourth-order valence-electron chi connectivity index (χ4n) is 0.648. The molecule has 0 aliphatic rings. The molecule has 0 spiro atoms. The van der Waals surface area contributed by atoms with Crippen molar-refractivity contribution >= 4 is 5.91 Å². The van der Waals surface area contributed by atoms with Gasteiger partial charge in [0, 0.05) is 5.41 Å². The molecular weight excluding hydrogens is 146 g/mol. The number of amides is 1. The van der Waals surface area contributed by atoms with Crippen molar-refractivity contribution in [3.63, 3.8) is 0 Å². The third-order valence-electron chi connectivity index (χ3n) is 1.27. The van der Waals surface area contributed by atoms with Crippen LogP contribution in [0, 0.1) is 5.41 Å². The molecule has 0 aromatic heterocycles. The Morgan fingerprint density at radius 1 is 1.27 bits per heavy atom. The molecule has 0 saturated carbocycles. The molecule has 4 heteroatoms.